The molecule has 0 radical (unpaired) electrons. The van der Waals surface area contributed by atoms with E-state index in [2.05, 4.69) is 10.3 Å². The van der Waals surface area contributed by atoms with Crippen LogP contribution in [0.25, 0.3) is 11.1 Å². The van der Waals surface area contributed by atoms with Crippen molar-refractivity contribution in [1.29, 1.82) is 0 Å². The van der Waals surface area contributed by atoms with Crippen LogP contribution in [-0.2, 0) is 6.42 Å². The van der Waals surface area contributed by atoms with Gasteiger partial charge in [-0.25, -0.2) is 9.37 Å². The predicted molar refractivity (Wildman–Crippen MR) is 94.8 cm³/mol. The molecule has 0 amide bonds. The Morgan fingerprint density at radius 3 is 2.96 bits per heavy atom. The summed E-state index contributed by atoms with van der Waals surface area (Å²) in [6.45, 7) is 1.94. The third-order valence-corrected chi connectivity index (χ3v) is 6.23. The van der Waals surface area contributed by atoms with Gasteiger partial charge in [0.05, 0.1) is 0 Å². The number of anilines is 1. The fourth-order valence-electron chi connectivity index (χ4n) is 4.81. The zero-order valence-corrected chi connectivity index (χ0v) is 14.1. The van der Waals surface area contributed by atoms with E-state index in [0.717, 1.165) is 36.6 Å². The van der Waals surface area contributed by atoms with Crippen molar-refractivity contribution in [3.05, 3.63) is 41.8 Å². The lowest BCUT2D eigenvalue weighted by Crippen LogP contribution is -2.54. The third-order valence-electron chi connectivity index (χ3n) is 6.23. The molecule has 0 bridgehead atoms. The molecular formula is C20H22FN3O. The summed E-state index contributed by atoms with van der Waals surface area (Å²) in [6.07, 6.45) is 6.34. The molecule has 3 N–H and O–H groups in total. The molecule has 2 aliphatic heterocycles. The van der Waals surface area contributed by atoms with Gasteiger partial charge in [-0.2, -0.15) is 0 Å². The summed E-state index contributed by atoms with van der Waals surface area (Å²) >= 11 is 0. The van der Waals surface area contributed by atoms with Gasteiger partial charge in [0.2, 0.25) is 5.88 Å². The first-order valence-corrected chi connectivity index (χ1v) is 9.09. The number of halogens is 1. The normalized spacial score (nSPS) is 30.1. The Morgan fingerprint density at radius 2 is 2.16 bits per heavy atom. The Morgan fingerprint density at radius 1 is 1.24 bits per heavy atom. The molecule has 1 saturated carbocycles. The van der Waals surface area contributed by atoms with Crippen LogP contribution in [0.3, 0.4) is 0 Å². The van der Waals surface area contributed by atoms with Crippen molar-refractivity contribution >= 4 is 5.69 Å². The largest absolute Gasteiger partial charge is 0.469 e. The molecule has 2 fully saturated rings. The molecule has 5 heteroatoms. The van der Waals surface area contributed by atoms with Gasteiger partial charge in [-0.15, -0.1) is 0 Å². The number of hydrogen-bond acceptors (Lipinski definition) is 4. The fraction of sp³-hybridized carbons (Fsp3) is 0.450. The molecule has 4 nitrogen and oxygen atoms in total. The van der Waals surface area contributed by atoms with Gasteiger partial charge in [-0.3, -0.25) is 0 Å². The number of ether oxygens (including phenoxy) is 1. The average molecular weight is 339 g/mol. The molecule has 1 saturated heterocycles. The summed E-state index contributed by atoms with van der Waals surface area (Å²) < 4.78 is 20.7. The lowest BCUT2D eigenvalue weighted by atomic mass is 9.63. The van der Waals surface area contributed by atoms with Gasteiger partial charge >= 0.3 is 0 Å². The molecule has 3 unspecified atom stereocenters. The minimum atomic E-state index is -0.314. The average Bonchev–Trinajstić information content (AvgIpc) is 2.85. The Bertz CT molecular complexity index is 840. The van der Waals surface area contributed by atoms with Crippen molar-refractivity contribution in [2.45, 2.75) is 31.3 Å². The number of nitrogen functional groups attached to an aromatic ring is 1. The first-order valence-electron chi connectivity index (χ1n) is 9.09. The highest BCUT2D eigenvalue weighted by molar-refractivity contribution is 5.67. The van der Waals surface area contributed by atoms with Gasteiger partial charge in [0.15, 0.2) is 0 Å². The summed E-state index contributed by atoms with van der Waals surface area (Å²) in [6, 6.07) is 6.83. The number of nitrogens with two attached hydrogens (primary N) is 1. The monoisotopic (exact) mass is 339 g/mol. The van der Waals surface area contributed by atoms with Gasteiger partial charge in [0, 0.05) is 47.5 Å². The van der Waals surface area contributed by atoms with E-state index < -0.39 is 0 Å². The second kappa shape index (κ2) is 5.43. The summed E-state index contributed by atoms with van der Waals surface area (Å²) in [7, 11) is 0. The van der Waals surface area contributed by atoms with E-state index in [-0.39, 0.29) is 11.4 Å². The number of aromatic nitrogens is 1. The molecule has 3 heterocycles. The van der Waals surface area contributed by atoms with Crippen LogP contribution < -0.4 is 15.8 Å². The van der Waals surface area contributed by atoms with E-state index in [0.29, 0.717) is 23.0 Å². The molecule has 5 rings (SSSR count). The van der Waals surface area contributed by atoms with Crippen LogP contribution in [0.15, 0.2) is 30.5 Å². The molecule has 3 atom stereocenters. The molecule has 25 heavy (non-hydrogen) atoms. The molecule has 3 aliphatic rings. The first-order chi connectivity index (χ1) is 12.1. The van der Waals surface area contributed by atoms with Crippen LogP contribution in [0.4, 0.5) is 10.1 Å². The van der Waals surface area contributed by atoms with Crippen molar-refractivity contribution in [3.8, 4) is 17.0 Å². The highest BCUT2D eigenvalue weighted by atomic mass is 19.1. The molecule has 130 valence electrons. The van der Waals surface area contributed by atoms with Crippen LogP contribution in [0.5, 0.6) is 5.88 Å². The maximum atomic E-state index is 14.3. The summed E-state index contributed by atoms with van der Waals surface area (Å²) in [5.41, 5.74) is 8.31. The third kappa shape index (κ3) is 2.33. The van der Waals surface area contributed by atoms with E-state index in [9.17, 15) is 4.39 Å². The number of nitrogens with zero attached hydrogens (tertiary/aromatic N) is 1. The molecular weight excluding hydrogens is 317 g/mol. The van der Waals surface area contributed by atoms with Crippen LogP contribution >= 0.6 is 0 Å². The van der Waals surface area contributed by atoms with E-state index >= 15 is 0 Å². The first kappa shape index (κ1) is 15.1. The van der Waals surface area contributed by atoms with E-state index in [4.69, 9.17) is 10.5 Å². The maximum Gasteiger partial charge on any atom is 0.217 e. The summed E-state index contributed by atoms with van der Waals surface area (Å²) in [4.78, 5) is 4.51. The Labute approximate surface area is 146 Å². The number of fused-ring (bicyclic) bond motifs is 3. The van der Waals surface area contributed by atoms with Crippen molar-refractivity contribution in [1.82, 2.24) is 10.3 Å². The van der Waals surface area contributed by atoms with Crippen LogP contribution in [0.2, 0.25) is 0 Å². The Balaban J connectivity index is 1.49. The summed E-state index contributed by atoms with van der Waals surface area (Å²) in [5.74, 6) is 1.77. The molecule has 2 aromatic rings. The number of rotatable bonds is 1. The fourth-order valence-corrected chi connectivity index (χ4v) is 4.81. The Hall–Kier alpha value is -2.14. The highest BCUT2D eigenvalue weighted by Gasteiger charge is 2.53. The zero-order chi connectivity index (χ0) is 17.0. The summed E-state index contributed by atoms with van der Waals surface area (Å²) in [5, 5.41) is 3.55. The number of benzene rings is 1. The van der Waals surface area contributed by atoms with Gasteiger partial charge in [0.25, 0.3) is 0 Å². The van der Waals surface area contributed by atoms with Gasteiger partial charge in [-0.05, 0) is 56.0 Å². The van der Waals surface area contributed by atoms with Crippen LogP contribution in [0, 0.1) is 17.7 Å². The Kier molecular flexibility index (Phi) is 3.29. The standard InChI is InChI=1S/C20H22FN3O/c21-18-8-15(22)2-3-16(18)14-7-13-9-20(25-19(13)24-10-14)11-23-6-5-12-1-4-17(12)20/h2-3,7-8,10,12,17,23H,1,4-6,9,11,22H2. The van der Waals surface area contributed by atoms with Gasteiger partial charge < -0.3 is 15.8 Å². The highest BCUT2D eigenvalue weighted by Crippen LogP contribution is 2.51. The van der Waals surface area contributed by atoms with Gasteiger partial charge in [0.1, 0.15) is 11.4 Å². The zero-order valence-electron chi connectivity index (χ0n) is 14.1. The van der Waals surface area contributed by atoms with E-state index in [1.54, 1.807) is 18.3 Å². The molecule has 1 spiro atoms. The van der Waals surface area contributed by atoms with Crippen molar-refractivity contribution in [2.24, 2.45) is 11.8 Å². The number of nitrogens with one attached hydrogen (secondary N) is 1. The topological polar surface area (TPSA) is 60.2 Å². The lowest BCUT2D eigenvalue weighted by molar-refractivity contribution is -0.0387. The van der Waals surface area contributed by atoms with Gasteiger partial charge in [-0.1, -0.05) is 0 Å². The van der Waals surface area contributed by atoms with E-state index in [1.807, 2.05) is 6.07 Å². The van der Waals surface area contributed by atoms with Crippen LogP contribution in [0.1, 0.15) is 24.8 Å². The quantitative estimate of drug-likeness (QED) is 0.784. The second-order valence-electron chi connectivity index (χ2n) is 7.68. The molecule has 1 aromatic heterocycles. The number of pyridine rings is 1. The minimum absolute atomic E-state index is 0.174. The van der Waals surface area contributed by atoms with Crippen LogP contribution in [-0.4, -0.2) is 23.7 Å². The molecule has 1 aliphatic carbocycles. The minimum Gasteiger partial charge on any atom is -0.469 e. The smallest absolute Gasteiger partial charge is 0.217 e. The van der Waals surface area contributed by atoms with Crippen molar-refractivity contribution < 1.29 is 9.13 Å². The second-order valence-corrected chi connectivity index (χ2v) is 7.68. The SMILES string of the molecule is Nc1ccc(-c2cnc3c(c2)CC2(CNCCC4CCC42)O3)c(F)c1. The lowest BCUT2D eigenvalue weighted by Gasteiger charge is -2.45. The van der Waals surface area contributed by atoms with Crippen molar-refractivity contribution in [3.63, 3.8) is 0 Å². The predicted octanol–water partition coefficient (Wildman–Crippen LogP) is 3.16. The number of hydrogen-bond donors (Lipinski definition) is 2. The maximum absolute atomic E-state index is 14.3. The molecule has 1 aromatic carbocycles. The van der Waals surface area contributed by atoms with Crippen molar-refractivity contribution in [2.75, 3.05) is 18.8 Å². The van der Waals surface area contributed by atoms with E-state index in [1.165, 1.54) is 25.3 Å².